The van der Waals surface area contributed by atoms with Crippen molar-refractivity contribution in [2.45, 2.75) is 45.8 Å². The average Bonchev–Trinajstić information content (AvgIpc) is 2.84. The molecule has 25 heavy (non-hydrogen) atoms. The van der Waals surface area contributed by atoms with Gasteiger partial charge in [0.25, 0.3) is 0 Å². The number of nitrogens with one attached hydrogen (secondary N) is 2. The summed E-state index contributed by atoms with van der Waals surface area (Å²) < 4.78 is 0. The van der Waals surface area contributed by atoms with Crippen molar-refractivity contribution in [3.8, 4) is 0 Å². The summed E-state index contributed by atoms with van der Waals surface area (Å²) in [5.41, 5.74) is 2.68. The lowest BCUT2D eigenvalue weighted by atomic mass is 10.1. The van der Waals surface area contributed by atoms with Crippen LogP contribution in [-0.2, 0) is 13.1 Å². The van der Waals surface area contributed by atoms with E-state index >= 15 is 0 Å². The minimum Gasteiger partial charge on any atom is -0.354 e. The Morgan fingerprint density at radius 1 is 1.12 bits per heavy atom. The predicted octanol–water partition coefficient (Wildman–Crippen LogP) is 2.29. The second kappa shape index (κ2) is 10.4. The SMILES string of the molecule is CCC(C)NC(=NC)NCc1ccc(CN2CCCN(C)CC2)cc1. The van der Waals surface area contributed by atoms with Gasteiger partial charge in [0.1, 0.15) is 0 Å². The van der Waals surface area contributed by atoms with E-state index in [4.69, 9.17) is 0 Å². The number of nitrogens with zero attached hydrogens (tertiary/aromatic N) is 3. The van der Waals surface area contributed by atoms with E-state index in [1.54, 1.807) is 0 Å². The maximum Gasteiger partial charge on any atom is 0.191 e. The smallest absolute Gasteiger partial charge is 0.191 e. The van der Waals surface area contributed by atoms with Crippen LogP contribution in [0.5, 0.6) is 0 Å². The van der Waals surface area contributed by atoms with Gasteiger partial charge < -0.3 is 15.5 Å². The number of benzene rings is 1. The number of hydrogen-bond acceptors (Lipinski definition) is 3. The Hall–Kier alpha value is -1.59. The van der Waals surface area contributed by atoms with E-state index in [0.717, 1.165) is 32.0 Å². The first kappa shape index (κ1) is 19.7. The second-order valence-electron chi connectivity index (χ2n) is 7.13. The molecule has 1 heterocycles. The summed E-state index contributed by atoms with van der Waals surface area (Å²) in [6, 6.07) is 9.40. The highest BCUT2D eigenvalue weighted by Crippen LogP contribution is 2.10. The lowest BCUT2D eigenvalue weighted by Crippen LogP contribution is -2.41. The van der Waals surface area contributed by atoms with Gasteiger partial charge in [-0.15, -0.1) is 0 Å². The quantitative estimate of drug-likeness (QED) is 0.613. The van der Waals surface area contributed by atoms with Gasteiger partial charge in [0.05, 0.1) is 0 Å². The number of guanidine groups is 1. The molecule has 0 amide bonds. The molecule has 0 aliphatic carbocycles. The monoisotopic (exact) mass is 345 g/mol. The third-order valence-electron chi connectivity index (χ3n) is 4.92. The third kappa shape index (κ3) is 7.04. The molecular formula is C20H35N5. The number of likely N-dealkylation sites (N-methyl/N-ethyl adjacent to an activating group) is 1. The normalized spacial score (nSPS) is 18.6. The zero-order chi connectivity index (χ0) is 18.1. The van der Waals surface area contributed by atoms with E-state index in [-0.39, 0.29) is 0 Å². The van der Waals surface area contributed by atoms with Crippen LogP contribution in [0.25, 0.3) is 0 Å². The molecule has 1 atom stereocenters. The molecule has 0 radical (unpaired) electrons. The Kier molecular flexibility index (Phi) is 8.22. The Balaban J connectivity index is 1.81. The summed E-state index contributed by atoms with van der Waals surface area (Å²) in [4.78, 5) is 9.27. The van der Waals surface area contributed by atoms with Gasteiger partial charge in [-0.05, 0) is 51.0 Å². The van der Waals surface area contributed by atoms with Crippen LogP contribution in [0, 0.1) is 0 Å². The first-order valence-corrected chi connectivity index (χ1v) is 9.56. The highest BCUT2D eigenvalue weighted by atomic mass is 15.2. The topological polar surface area (TPSA) is 42.9 Å². The molecule has 0 aromatic heterocycles. The number of rotatable bonds is 6. The molecule has 140 valence electrons. The van der Waals surface area contributed by atoms with Crippen molar-refractivity contribution >= 4 is 5.96 Å². The summed E-state index contributed by atoms with van der Waals surface area (Å²) in [6.07, 6.45) is 2.35. The first-order chi connectivity index (χ1) is 12.1. The van der Waals surface area contributed by atoms with E-state index in [0.29, 0.717) is 6.04 Å². The van der Waals surface area contributed by atoms with E-state index in [2.05, 4.69) is 70.6 Å². The van der Waals surface area contributed by atoms with Crippen molar-refractivity contribution in [1.29, 1.82) is 0 Å². The Morgan fingerprint density at radius 3 is 2.52 bits per heavy atom. The van der Waals surface area contributed by atoms with Gasteiger partial charge in [-0.25, -0.2) is 0 Å². The number of hydrogen-bond donors (Lipinski definition) is 2. The van der Waals surface area contributed by atoms with Crippen molar-refractivity contribution in [3.05, 3.63) is 35.4 Å². The van der Waals surface area contributed by atoms with Gasteiger partial charge in [-0.1, -0.05) is 31.2 Å². The van der Waals surface area contributed by atoms with E-state index in [1.807, 2.05) is 7.05 Å². The van der Waals surface area contributed by atoms with E-state index in [9.17, 15) is 0 Å². The largest absolute Gasteiger partial charge is 0.354 e. The number of aliphatic imine (C=N–C) groups is 1. The zero-order valence-electron chi connectivity index (χ0n) is 16.4. The third-order valence-corrected chi connectivity index (χ3v) is 4.92. The fourth-order valence-electron chi connectivity index (χ4n) is 2.99. The molecule has 0 saturated carbocycles. The van der Waals surface area contributed by atoms with E-state index in [1.165, 1.54) is 37.2 Å². The molecule has 1 aliphatic heterocycles. The molecule has 5 heteroatoms. The summed E-state index contributed by atoms with van der Waals surface area (Å²) >= 11 is 0. The standard InChI is InChI=1S/C20H35N5/c1-5-17(2)23-20(21-3)22-15-18-7-9-19(10-8-18)16-25-12-6-11-24(4)13-14-25/h7-10,17H,5-6,11-16H2,1-4H3,(H2,21,22,23). The lowest BCUT2D eigenvalue weighted by Gasteiger charge is -2.20. The van der Waals surface area contributed by atoms with Gasteiger partial charge in [-0.2, -0.15) is 0 Å². The lowest BCUT2D eigenvalue weighted by molar-refractivity contribution is 0.269. The minimum absolute atomic E-state index is 0.432. The Morgan fingerprint density at radius 2 is 1.84 bits per heavy atom. The molecule has 1 aliphatic rings. The van der Waals surface area contributed by atoms with Gasteiger partial charge in [0, 0.05) is 39.3 Å². The fraction of sp³-hybridized carbons (Fsp3) is 0.650. The van der Waals surface area contributed by atoms with Crippen molar-refractivity contribution in [3.63, 3.8) is 0 Å². The maximum atomic E-state index is 4.28. The molecule has 2 N–H and O–H groups in total. The molecule has 1 aromatic rings. The molecule has 1 fully saturated rings. The van der Waals surface area contributed by atoms with E-state index < -0.39 is 0 Å². The molecule has 5 nitrogen and oxygen atoms in total. The summed E-state index contributed by atoms with van der Waals surface area (Å²) in [5.74, 6) is 0.868. The van der Waals surface area contributed by atoms with Crippen molar-refractivity contribution in [1.82, 2.24) is 20.4 Å². The fourth-order valence-corrected chi connectivity index (χ4v) is 2.99. The van der Waals surface area contributed by atoms with Crippen LogP contribution in [0.15, 0.2) is 29.3 Å². The van der Waals surface area contributed by atoms with Gasteiger partial charge in [0.2, 0.25) is 0 Å². The van der Waals surface area contributed by atoms with Crippen LogP contribution in [0.4, 0.5) is 0 Å². The predicted molar refractivity (Wildman–Crippen MR) is 107 cm³/mol. The van der Waals surface area contributed by atoms with Crippen LogP contribution in [0.3, 0.4) is 0 Å². The maximum absolute atomic E-state index is 4.28. The summed E-state index contributed by atoms with van der Waals surface area (Å²) in [6.45, 7) is 10.9. The summed E-state index contributed by atoms with van der Waals surface area (Å²) in [5, 5.41) is 6.78. The molecular weight excluding hydrogens is 310 g/mol. The molecule has 2 rings (SSSR count). The Bertz CT molecular complexity index is 525. The van der Waals surface area contributed by atoms with Gasteiger partial charge in [-0.3, -0.25) is 9.89 Å². The molecule has 0 spiro atoms. The van der Waals surface area contributed by atoms with Crippen LogP contribution >= 0.6 is 0 Å². The molecule has 0 bridgehead atoms. The molecule has 1 saturated heterocycles. The second-order valence-corrected chi connectivity index (χ2v) is 7.13. The van der Waals surface area contributed by atoms with Crippen molar-refractivity contribution < 1.29 is 0 Å². The molecule has 1 unspecified atom stereocenters. The van der Waals surface area contributed by atoms with Crippen molar-refractivity contribution in [2.75, 3.05) is 40.3 Å². The van der Waals surface area contributed by atoms with Crippen LogP contribution in [0.2, 0.25) is 0 Å². The summed E-state index contributed by atoms with van der Waals surface area (Å²) in [7, 11) is 4.04. The Labute approximate surface area is 153 Å². The van der Waals surface area contributed by atoms with Gasteiger partial charge >= 0.3 is 0 Å². The molecule has 1 aromatic carbocycles. The minimum atomic E-state index is 0.432. The zero-order valence-corrected chi connectivity index (χ0v) is 16.4. The van der Waals surface area contributed by atoms with Crippen LogP contribution < -0.4 is 10.6 Å². The highest BCUT2D eigenvalue weighted by Gasteiger charge is 2.12. The van der Waals surface area contributed by atoms with Gasteiger partial charge in [0.15, 0.2) is 5.96 Å². The van der Waals surface area contributed by atoms with Crippen LogP contribution in [0.1, 0.15) is 37.8 Å². The van der Waals surface area contributed by atoms with Crippen LogP contribution in [-0.4, -0.2) is 62.1 Å². The highest BCUT2D eigenvalue weighted by molar-refractivity contribution is 5.79. The van der Waals surface area contributed by atoms with Crippen molar-refractivity contribution in [2.24, 2.45) is 4.99 Å². The average molecular weight is 346 g/mol. The first-order valence-electron chi connectivity index (χ1n) is 9.56.